The van der Waals surface area contributed by atoms with Crippen molar-refractivity contribution in [2.24, 2.45) is 5.92 Å². The Morgan fingerprint density at radius 1 is 1.27 bits per heavy atom. The van der Waals surface area contributed by atoms with Crippen LogP contribution in [0, 0.1) is 5.92 Å². The smallest absolute Gasteiger partial charge is 0.223 e. The van der Waals surface area contributed by atoms with Crippen LogP contribution in [0.25, 0.3) is 11.0 Å². The lowest BCUT2D eigenvalue weighted by Gasteiger charge is -2.32. The van der Waals surface area contributed by atoms with Crippen molar-refractivity contribution in [3.63, 3.8) is 0 Å². The molecule has 1 atom stereocenters. The average Bonchev–Trinajstić information content (AvgIpc) is 3.33. The molecule has 0 bridgehead atoms. The lowest BCUT2D eigenvalue weighted by atomic mass is 9.96. The lowest BCUT2D eigenvalue weighted by Crippen LogP contribution is -2.43. The number of imidazole rings is 1. The number of ether oxygens (including phenoxy) is 1. The standard InChI is InChI=1S/C20H28N4O2/c1-2-24-18-8-4-3-7-17(18)22-20(24)23-11-9-15(10-12-23)19(25)21-14-16-6-5-13-26-16/h3-4,7-8,15-16H,2,5-6,9-14H2,1H3,(H,21,25)/t16-/m0/s1. The van der Waals surface area contributed by atoms with Gasteiger partial charge >= 0.3 is 0 Å². The molecule has 2 saturated heterocycles. The Balaban J connectivity index is 1.36. The fraction of sp³-hybridized carbons (Fsp3) is 0.600. The zero-order valence-electron chi connectivity index (χ0n) is 15.5. The number of piperidine rings is 1. The molecular formula is C20H28N4O2. The highest BCUT2D eigenvalue weighted by atomic mass is 16.5. The van der Waals surface area contributed by atoms with Crippen LogP contribution in [0.15, 0.2) is 24.3 Å². The molecule has 1 amide bonds. The molecule has 2 aromatic rings. The van der Waals surface area contributed by atoms with Gasteiger partial charge in [-0.25, -0.2) is 4.98 Å². The van der Waals surface area contributed by atoms with Gasteiger partial charge in [0.05, 0.1) is 17.1 Å². The Labute approximate surface area is 154 Å². The molecule has 6 nitrogen and oxygen atoms in total. The second-order valence-corrected chi connectivity index (χ2v) is 7.29. The van der Waals surface area contributed by atoms with Crippen molar-refractivity contribution in [1.82, 2.24) is 14.9 Å². The predicted octanol–water partition coefficient (Wildman–Crippen LogP) is 2.57. The van der Waals surface area contributed by atoms with Crippen LogP contribution in [0.2, 0.25) is 0 Å². The maximum absolute atomic E-state index is 12.5. The highest BCUT2D eigenvalue weighted by Gasteiger charge is 2.28. The first kappa shape index (κ1) is 17.3. The van der Waals surface area contributed by atoms with E-state index >= 15 is 0 Å². The summed E-state index contributed by atoms with van der Waals surface area (Å²) >= 11 is 0. The lowest BCUT2D eigenvalue weighted by molar-refractivity contribution is -0.126. The molecular weight excluding hydrogens is 328 g/mol. The van der Waals surface area contributed by atoms with Crippen LogP contribution in [0.1, 0.15) is 32.6 Å². The molecule has 1 N–H and O–H groups in total. The van der Waals surface area contributed by atoms with E-state index in [1.165, 1.54) is 5.52 Å². The Morgan fingerprint density at radius 2 is 2.08 bits per heavy atom. The van der Waals surface area contributed by atoms with Crippen LogP contribution >= 0.6 is 0 Å². The largest absolute Gasteiger partial charge is 0.376 e. The fourth-order valence-electron chi connectivity index (χ4n) is 4.12. The Bertz CT molecular complexity index is 758. The van der Waals surface area contributed by atoms with Crippen LogP contribution < -0.4 is 10.2 Å². The summed E-state index contributed by atoms with van der Waals surface area (Å²) in [5.41, 5.74) is 2.22. The minimum Gasteiger partial charge on any atom is -0.376 e. The molecule has 140 valence electrons. The Morgan fingerprint density at radius 3 is 2.81 bits per heavy atom. The van der Waals surface area contributed by atoms with E-state index < -0.39 is 0 Å². The van der Waals surface area contributed by atoms with E-state index in [4.69, 9.17) is 9.72 Å². The normalized spacial score (nSPS) is 21.4. The summed E-state index contributed by atoms with van der Waals surface area (Å²) in [5, 5.41) is 3.09. The molecule has 26 heavy (non-hydrogen) atoms. The van der Waals surface area contributed by atoms with E-state index in [0.29, 0.717) is 6.54 Å². The van der Waals surface area contributed by atoms with Gasteiger partial charge in [-0.1, -0.05) is 12.1 Å². The van der Waals surface area contributed by atoms with Gasteiger partial charge in [0.15, 0.2) is 0 Å². The number of aryl methyl sites for hydroxylation is 1. The minimum absolute atomic E-state index is 0.104. The molecule has 1 aromatic heterocycles. The molecule has 0 radical (unpaired) electrons. The summed E-state index contributed by atoms with van der Waals surface area (Å²) in [6.45, 7) is 6.30. The van der Waals surface area contributed by atoms with E-state index in [9.17, 15) is 4.79 Å². The van der Waals surface area contributed by atoms with Crippen molar-refractivity contribution in [2.75, 3.05) is 31.1 Å². The molecule has 1 aromatic carbocycles. The SMILES string of the molecule is CCn1c(N2CCC(C(=O)NC[C@@H]3CCCO3)CC2)nc2ccccc21. The number of carbonyl (C=O) groups is 1. The summed E-state index contributed by atoms with van der Waals surface area (Å²) in [7, 11) is 0. The summed E-state index contributed by atoms with van der Waals surface area (Å²) in [6, 6.07) is 8.28. The van der Waals surface area contributed by atoms with Gasteiger partial charge in [-0.15, -0.1) is 0 Å². The van der Waals surface area contributed by atoms with Gasteiger partial charge in [0.2, 0.25) is 11.9 Å². The Kier molecular flexibility index (Phi) is 5.11. The molecule has 0 aliphatic carbocycles. The van der Waals surface area contributed by atoms with E-state index in [-0.39, 0.29) is 17.9 Å². The van der Waals surface area contributed by atoms with Crippen LogP contribution in [0.3, 0.4) is 0 Å². The molecule has 6 heteroatoms. The van der Waals surface area contributed by atoms with E-state index in [1.807, 2.05) is 6.07 Å². The third kappa shape index (κ3) is 3.43. The van der Waals surface area contributed by atoms with E-state index in [1.54, 1.807) is 0 Å². The van der Waals surface area contributed by atoms with Crippen molar-refractivity contribution in [1.29, 1.82) is 0 Å². The zero-order valence-corrected chi connectivity index (χ0v) is 15.5. The minimum atomic E-state index is 0.104. The predicted molar refractivity (Wildman–Crippen MR) is 102 cm³/mol. The number of benzene rings is 1. The average molecular weight is 356 g/mol. The number of nitrogens with one attached hydrogen (secondary N) is 1. The van der Waals surface area contributed by atoms with Crippen LogP contribution in [0.5, 0.6) is 0 Å². The molecule has 2 aliphatic rings. The van der Waals surface area contributed by atoms with Gasteiger partial charge < -0.3 is 19.5 Å². The van der Waals surface area contributed by atoms with Crippen LogP contribution in [-0.2, 0) is 16.1 Å². The maximum Gasteiger partial charge on any atom is 0.223 e. The number of nitrogens with zero attached hydrogens (tertiary/aromatic N) is 3. The molecule has 4 rings (SSSR count). The number of hydrogen-bond acceptors (Lipinski definition) is 4. The molecule has 2 aliphatic heterocycles. The van der Waals surface area contributed by atoms with Crippen molar-refractivity contribution < 1.29 is 9.53 Å². The number of aromatic nitrogens is 2. The first-order valence-electron chi connectivity index (χ1n) is 9.85. The van der Waals surface area contributed by atoms with Crippen LogP contribution in [-0.4, -0.2) is 47.8 Å². The van der Waals surface area contributed by atoms with Crippen molar-refractivity contribution in [3.05, 3.63) is 24.3 Å². The van der Waals surface area contributed by atoms with Crippen LogP contribution in [0.4, 0.5) is 5.95 Å². The maximum atomic E-state index is 12.5. The van der Waals surface area contributed by atoms with Crippen molar-refractivity contribution >= 4 is 22.9 Å². The molecule has 2 fully saturated rings. The topological polar surface area (TPSA) is 59.4 Å². The summed E-state index contributed by atoms with van der Waals surface area (Å²) in [4.78, 5) is 19.6. The third-order valence-electron chi connectivity index (χ3n) is 5.63. The number of hydrogen-bond donors (Lipinski definition) is 1. The molecule has 0 saturated carbocycles. The highest BCUT2D eigenvalue weighted by Crippen LogP contribution is 2.27. The number of anilines is 1. The highest BCUT2D eigenvalue weighted by molar-refractivity contribution is 5.80. The first-order valence-corrected chi connectivity index (χ1v) is 9.85. The van der Waals surface area contributed by atoms with Crippen molar-refractivity contribution in [3.8, 4) is 0 Å². The van der Waals surface area contributed by atoms with Gasteiger partial charge in [0, 0.05) is 38.7 Å². The van der Waals surface area contributed by atoms with Gasteiger partial charge in [0.25, 0.3) is 0 Å². The zero-order chi connectivity index (χ0) is 17.9. The van der Waals surface area contributed by atoms with Gasteiger partial charge in [-0.05, 0) is 44.7 Å². The number of amides is 1. The third-order valence-corrected chi connectivity index (χ3v) is 5.63. The molecule has 0 unspecified atom stereocenters. The van der Waals surface area contributed by atoms with Gasteiger partial charge in [-0.2, -0.15) is 0 Å². The number of rotatable bonds is 5. The second kappa shape index (κ2) is 7.66. The second-order valence-electron chi connectivity index (χ2n) is 7.29. The monoisotopic (exact) mass is 356 g/mol. The fourth-order valence-corrected chi connectivity index (χ4v) is 4.12. The van der Waals surface area contributed by atoms with Gasteiger partial charge in [-0.3, -0.25) is 4.79 Å². The number of para-hydroxylation sites is 2. The van der Waals surface area contributed by atoms with E-state index in [2.05, 4.69) is 39.9 Å². The molecule has 0 spiro atoms. The molecule has 3 heterocycles. The summed E-state index contributed by atoms with van der Waals surface area (Å²) in [6.07, 6.45) is 4.14. The number of carbonyl (C=O) groups excluding carboxylic acids is 1. The number of fused-ring (bicyclic) bond motifs is 1. The Hall–Kier alpha value is -2.08. The van der Waals surface area contributed by atoms with Crippen molar-refractivity contribution in [2.45, 2.75) is 45.3 Å². The quantitative estimate of drug-likeness (QED) is 0.894. The van der Waals surface area contributed by atoms with E-state index in [0.717, 1.165) is 63.4 Å². The summed E-state index contributed by atoms with van der Waals surface area (Å²) in [5.74, 6) is 1.32. The first-order chi connectivity index (χ1) is 12.8. The van der Waals surface area contributed by atoms with Gasteiger partial charge in [0.1, 0.15) is 0 Å². The summed E-state index contributed by atoms with van der Waals surface area (Å²) < 4.78 is 7.86.